The highest BCUT2D eigenvalue weighted by Gasteiger charge is 2.44. The minimum absolute atomic E-state index is 0.121. The summed E-state index contributed by atoms with van der Waals surface area (Å²) in [6.45, 7) is 7.90. The number of hydrogen-bond donors (Lipinski definition) is 2. The van der Waals surface area contributed by atoms with E-state index in [1.54, 1.807) is 0 Å². The summed E-state index contributed by atoms with van der Waals surface area (Å²) < 4.78 is 5.17. The first-order valence-electron chi connectivity index (χ1n) is 5.60. The van der Waals surface area contributed by atoms with Crippen LogP contribution < -0.4 is 5.32 Å². The molecule has 0 aliphatic heterocycles. The SMILES string of the molecule is CC(C)C1(CNCCOCCO)CC1. The van der Waals surface area contributed by atoms with Crippen molar-refractivity contribution in [1.29, 1.82) is 0 Å². The maximum atomic E-state index is 8.49. The average molecular weight is 201 g/mol. The van der Waals surface area contributed by atoms with E-state index in [-0.39, 0.29) is 6.61 Å². The van der Waals surface area contributed by atoms with E-state index in [1.807, 2.05) is 0 Å². The van der Waals surface area contributed by atoms with Crippen LogP contribution >= 0.6 is 0 Å². The first-order chi connectivity index (χ1) is 6.71. The molecule has 0 radical (unpaired) electrons. The molecule has 1 rings (SSSR count). The quantitative estimate of drug-likeness (QED) is 0.576. The van der Waals surface area contributed by atoms with Gasteiger partial charge in [-0.2, -0.15) is 0 Å². The normalized spacial score (nSPS) is 18.9. The molecular weight excluding hydrogens is 178 g/mol. The molecule has 1 aliphatic carbocycles. The molecule has 0 atom stereocenters. The van der Waals surface area contributed by atoms with Crippen LogP contribution in [0.15, 0.2) is 0 Å². The lowest BCUT2D eigenvalue weighted by atomic mass is 9.92. The number of aliphatic hydroxyl groups is 1. The van der Waals surface area contributed by atoms with Crippen molar-refractivity contribution in [2.45, 2.75) is 26.7 Å². The van der Waals surface area contributed by atoms with Crippen LogP contribution in [0.25, 0.3) is 0 Å². The lowest BCUT2D eigenvalue weighted by Gasteiger charge is -2.19. The molecule has 0 aromatic rings. The van der Waals surface area contributed by atoms with E-state index >= 15 is 0 Å². The average Bonchev–Trinajstić information content (AvgIpc) is 2.92. The molecule has 0 spiro atoms. The van der Waals surface area contributed by atoms with Crippen LogP contribution in [0.4, 0.5) is 0 Å². The van der Waals surface area contributed by atoms with Gasteiger partial charge in [-0.3, -0.25) is 0 Å². The molecule has 0 aromatic heterocycles. The minimum Gasteiger partial charge on any atom is -0.394 e. The maximum absolute atomic E-state index is 8.49. The maximum Gasteiger partial charge on any atom is 0.0698 e. The van der Waals surface area contributed by atoms with E-state index in [0.29, 0.717) is 18.6 Å². The zero-order valence-corrected chi connectivity index (χ0v) is 9.38. The van der Waals surface area contributed by atoms with Crippen molar-refractivity contribution in [2.24, 2.45) is 11.3 Å². The monoisotopic (exact) mass is 201 g/mol. The van der Waals surface area contributed by atoms with Crippen molar-refractivity contribution < 1.29 is 9.84 Å². The molecule has 0 saturated heterocycles. The number of rotatable bonds is 8. The van der Waals surface area contributed by atoms with Gasteiger partial charge in [-0.15, -0.1) is 0 Å². The minimum atomic E-state index is 0.121. The third kappa shape index (κ3) is 3.56. The van der Waals surface area contributed by atoms with Crippen molar-refractivity contribution >= 4 is 0 Å². The first-order valence-corrected chi connectivity index (χ1v) is 5.60. The van der Waals surface area contributed by atoms with Crippen molar-refractivity contribution in [3.8, 4) is 0 Å². The summed E-state index contributed by atoms with van der Waals surface area (Å²) >= 11 is 0. The van der Waals surface area contributed by atoms with Crippen molar-refractivity contribution in [2.75, 3.05) is 32.9 Å². The van der Waals surface area contributed by atoms with Gasteiger partial charge in [0, 0.05) is 13.1 Å². The zero-order chi connectivity index (χ0) is 10.4. The van der Waals surface area contributed by atoms with Crippen LogP contribution in [0.3, 0.4) is 0 Å². The van der Waals surface area contributed by atoms with E-state index in [2.05, 4.69) is 19.2 Å². The zero-order valence-electron chi connectivity index (χ0n) is 9.38. The third-order valence-corrected chi connectivity index (χ3v) is 3.25. The molecule has 3 nitrogen and oxygen atoms in total. The highest BCUT2D eigenvalue weighted by atomic mass is 16.5. The van der Waals surface area contributed by atoms with Crippen LogP contribution in [-0.2, 0) is 4.74 Å². The fourth-order valence-electron chi connectivity index (χ4n) is 1.77. The number of aliphatic hydroxyl groups excluding tert-OH is 1. The Morgan fingerprint density at radius 2 is 2.07 bits per heavy atom. The second-order valence-corrected chi connectivity index (χ2v) is 4.53. The highest BCUT2D eigenvalue weighted by Crippen LogP contribution is 2.51. The van der Waals surface area contributed by atoms with Crippen LogP contribution in [0, 0.1) is 11.3 Å². The Balaban J connectivity index is 1.94. The van der Waals surface area contributed by atoms with Crippen LogP contribution in [0.5, 0.6) is 0 Å². The van der Waals surface area contributed by atoms with Crippen LogP contribution in [0.1, 0.15) is 26.7 Å². The molecule has 84 valence electrons. The molecule has 0 amide bonds. The van der Waals surface area contributed by atoms with Gasteiger partial charge in [-0.05, 0) is 24.2 Å². The standard InChI is InChI=1S/C11H23NO2/c1-10(2)11(3-4-11)9-12-5-7-14-8-6-13/h10,12-13H,3-9H2,1-2H3. The third-order valence-electron chi connectivity index (χ3n) is 3.25. The largest absolute Gasteiger partial charge is 0.394 e. The smallest absolute Gasteiger partial charge is 0.0698 e. The molecule has 1 saturated carbocycles. The lowest BCUT2D eigenvalue weighted by Crippen LogP contribution is -2.30. The van der Waals surface area contributed by atoms with Crippen LogP contribution in [0.2, 0.25) is 0 Å². The summed E-state index contributed by atoms with van der Waals surface area (Å²) in [5, 5.41) is 11.9. The molecular formula is C11H23NO2. The molecule has 2 N–H and O–H groups in total. The van der Waals surface area contributed by atoms with Gasteiger partial charge in [-0.25, -0.2) is 0 Å². The molecule has 14 heavy (non-hydrogen) atoms. The Kier molecular flexibility index (Phi) is 4.85. The van der Waals surface area contributed by atoms with Gasteiger partial charge in [0.05, 0.1) is 19.8 Å². The fraction of sp³-hybridized carbons (Fsp3) is 1.00. The summed E-state index contributed by atoms with van der Waals surface area (Å²) in [5.41, 5.74) is 0.580. The van der Waals surface area contributed by atoms with Gasteiger partial charge in [0.2, 0.25) is 0 Å². The topological polar surface area (TPSA) is 41.5 Å². The van der Waals surface area contributed by atoms with E-state index in [4.69, 9.17) is 9.84 Å². The molecule has 1 aliphatic rings. The molecule has 0 heterocycles. The molecule has 3 heteroatoms. The van der Waals surface area contributed by atoms with Gasteiger partial charge >= 0.3 is 0 Å². The molecule has 0 bridgehead atoms. The lowest BCUT2D eigenvalue weighted by molar-refractivity contribution is 0.0929. The van der Waals surface area contributed by atoms with Gasteiger partial charge in [0.1, 0.15) is 0 Å². The van der Waals surface area contributed by atoms with Crippen molar-refractivity contribution in [3.05, 3.63) is 0 Å². The Bertz CT molecular complexity index is 155. The Labute approximate surface area is 86.8 Å². The van der Waals surface area contributed by atoms with Gasteiger partial charge in [0.15, 0.2) is 0 Å². The van der Waals surface area contributed by atoms with Gasteiger partial charge in [-0.1, -0.05) is 13.8 Å². The van der Waals surface area contributed by atoms with Crippen LogP contribution in [-0.4, -0.2) is 38.0 Å². The Morgan fingerprint density at radius 1 is 1.36 bits per heavy atom. The Hall–Kier alpha value is -0.120. The molecule has 0 unspecified atom stereocenters. The Morgan fingerprint density at radius 3 is 2.57 bits per heavy atom. The molecule has 1 fully saturated rings. The summed E-state index contributed by atoms with van der Waals surface area (Å²) in [7, 11) is 0. The van der Waals surface area contributed by atoms with E-state index in [0.717, 1.165) is 19.0 Å². The summed E-state index contributed by atoms with van der Waals surface area (Å²) in [6.07, 6.45) is 2.74. The number of hydrogen-bond acceptors (Lipinski definition) is 3. The van der Waals surface area contributed by atoms with E-state index < -0.39 is 0 Å². The van der Waals surface area contributed by atoms with Crippen molar-refractivity contribution in [1.82, 2.24) is 5.32 Å². The van der Waals surface area contributed by atoms with Crippen molar-refractivity contribution in [3.63, 3.8) is 0 Å². The van der Waals surface area contributed by atoms with Gasteiger partial charge in [0.25, 0.3) is 0 Å². The summed E-state index contributed by atoms with van der Waals surface area (Å²) in [4.78, 5) is 0. The second-order valence-electron chi connectivity index (χ2n) is 4.53. The molecule has 0 aromatic carbocycles. The fourth-order valence-corrected chi connectivity index (χ4v) is 1.77. The second kappa shape index (κ2) is 5.69. The summed E-state index contributed by atoms with van der Waals surface area (Å²) in [5.74, 6) is 0.786. The number of nitrogens with one attached hydrogen (secondary N) is 1. The van der Waals surface area contributed by atoms with E-state index in [1.165, 1.54) is 12.8 Å². The number of ether oxygens (including phenoxy) is 1. The van der Waals surface area contributed by atoms with E-state index in [9.17, 15) is 0 Å². The predicted octanol–water partition coefficient (Wildman–Crippen LogP) is 1.02. The first kappa shape index (κ1) is 12.0. The van der Waals surface area contributed by atoms with Gasteiger partial charge < -0.3 is 15.2 Å². The highest BCUT2D eigenvalue weighted by molar-refractivity contribution is 4.96. The summed E-state index contributed by atoms with van der Waals surface area (Å²) in [6, 6.07) is 0. The predicted molar refractivity (Wildman–Crippen MR) is 57.3 cm³/mol.